The van der Waals surface area contributed by atoms with Gasteiger partial charge in [-0.2, -0.15) is 8.78 Å². The smallest absolute Gasteiger partial charge is 0.285 e. The molecule has 0 aliphatic rings. The van der Waals surface area contributed by atoms with Crippen molar-refractivity contribution in [3.8, 4) is 0 Å². The summed E-state index contributed by atoms with van der Waals surface area (Å²) in [7, 11) is 1.51. The summed E-state index contributed by atoms with van der Waals surface area (Å²) >= 11 is 3.19. The van der Waals surface area contributed by atoms with E-state index in [9.17, 15) is 8.78 Å². The van der Waals surface area contributed by atoms with E-state index in [1.165, 1.54) is 19.2 Å². The Morgan fingerprint density at radius 2 is 1.85 bits per heavy atom. The Balaban J connectivity index is 2.87. The number of hydrogen-bond donors (Lipinski definition) is 1. The molecule has 0 fully saturated rings. The van der Waals surface area contributed by atoms with Crippen LogP contribution < -0.4 is 5.32 Å². The van der Waals surface area contributed by atoms with Crippen molar-refractivity contribution in [2.24, 2.45) is 0 Å². The van der Waals surface area contributed by atoms with Crippen molar-refractivity contribution >= 4 is 15.9 Å². The van der Waals surface area contributed by atoms with E-state index in [1.807, 2.05) is 0 Å². The van der Waals surface area contributed by atoms with Gasteiger partial charge in [-0.3, -0.25) is 0 Å². The van der Waals surface area contributed by atoms with Gasteiger partial charge in [0.05, 0.1) is 6.54 Å². The van der Waals surface area contributed by atoms with Gasteiger partial charge in [0.2, 0.25) is 0 Å². The molecule has 1 nitrogen and oxygen atoms in total. The molecule has 0 aromatic heterocycles. The summed E-state index contributed by atoms with van der Waals surface area (Å²) in [6, 6.07) is 6.06. The quantitative estimate of drug-likeness (QED) is 0.869. The molecule has 0 saturated heterocycles. The lowest BCUT2D eigenvalue weighted by Gasteiger charge is -2.15. The van der Waals surface area contributed by atoms with Gasteiger partial charge in [-0.25, -0.2) is 0 Å². The van der Waals surface area contributed by atoms with E-state index in [2.05, 4.69) is 21.2 Å². The van der Waals surface area contributed by atoms with E-state index in [-0.39, 0.29) is 12.1 Å². The first-order valence-corrected chi connectivity index (χ1v) is 4.64. The highest BCUT2D eigenvalue weighted by molar-refractivity contribution is 9.10. The molecule has 72 valence electrons. The maximum absolute atomic E-state index is 13.2. The number of rotatable bonds is 3. The van der Waals surface area contributed by atoms with Crippen LogP contribution in [0.3, 0.4) is 0 Å². The van der Waals surface area contributed by atoms with Gasteiger partial charge in [0.15, 0.2) is 0 Å². The van der Waals surface area contributed by atoms with Crippen molar-refractivity contribution in [1.29, 1.82) is 0 Å². The highest BCUT2D eigenvalue weighted by Gasteiger charge is 2.29. The average Bonchev–Trinajstić information content (AvgIpc) is 2.05. The molecular weight excluding hydrogens is 240 g/mol. The van der Waals surface area contributed by atoms with E-state index < -0.39 is 5.92 Å². The van der Waals surface area contributed by atoms with Gasteiger partial charge in [0.1, 0.15) is 0 Å². The van der Waals surface area contributed by atoms with Gasteiger partial charge in [0, 0.05) is 10.0 Å². The first kappa shape index (κ1) is 10.6. The van der Waals surface area contributed by atoms with Crippen LogP contribution >= 0.6 is 15.9 Å². The number of nitrogens with one attached hydrogen (secondary N) is 1. The van der Waals surface area contributed by atoms with Crippen molar-refractivity contribution in [2.75, 3.05) is 13.6 Å². The van der Waals surface area contributed by atoms with E-state index in [4.69, 9.17) is 0 Å². The molecule has 0 unspecified atom stereocenters. The summed E-state index contributed by atoms with van der Waals surface area (Å²) < 4.78 is 27.2. The molecule has 4 heteroatoms. The van der Waals surface area contributed by atoms with Crippen LogP contribution in [-0.4, -0.2) is 13.6 Å². The second kappa shape index (κ2) is 4.15. The summed E-state index contributed by atoms with van der Waals surface area (Å²) in [6.07, 6.45) is 0. The standard InChI is InChI=1S/C9H10BrF2N/c1-13-6-9(11,12)7-2-4-8(10)5-3-7/h2-5,13H,6H2,1H3. The van der Waals surface area contributed by atoms with Crippen LogP contribution in [0.4, 0.5) is 8.78 Å². The van der Waals surface area contributed by atoms with Crippen LogP contribution in [0, 0.1) is 0 Å². The fourth-order valence-corrected chi connectivity index (χ4v) is 1.28. The van der Waals surface area contributed by atoms with Crippen LogP contribution in [-0.2, 0) is 5.92 Å². The third-order valence-corrected chi connectivity index (χ3v) is 2.19. The van der Waals surface area contributed by atoms with Crippen molar-refractivity contribution < 1.29 is 8.78 Å². The molecule has 0 aliphatic heterocycles. The minimum atomic E-state index is -2.80. The van der Waals surface area contributed by atoms with E-state index >= 15 is 0 Å². The molecule has 1 rings (SSSR count). The predicted molar refractivity (Wildman–Crippen MR) is 52.0 cm³/mol. The summed E-state index contributed by atoms with van der Waals surface area (Å²) in [4.78, 5) is 0. The maximum atomic E-state index is 13.2. The van der Waals surface area contributed by atoms with Crippen molar-refractivity contribution in [2.45, 2.75) is 5.92 Å². The summed E-state index contributed by atoms with van der Waals surface area (Å²) in [6.45, 7) is -0.339. The van der Waals surface area contributed by atoms with Crippen molar-refractivity contribution in [1.82, 2.24) is 5.32 Å². The Labute approximate surface area is 84.3 Å². The Morgan fingerprint density at radius 3 is 2.31 bits per heavy atom. The van der Waals surface area contributed by atoms with Gasteiger partial charge in [0.25, 0.3) is 5.92 Å². The molecule has 1 aromatic rings. The van der Waals surface area contributed by atoms with Crippen LogP contribution in [0.5, 0.6) is 0 Å². The van der Waals surface area contributed by atoms with E-state index in [1.54, 1.807) is 12.1 Å². The topological polar surface area (TPSA) is 12.0 Å². The second-order valence-corrected chi connectivity index (χ2v) is 3.66. The highest BCUT2D eigenvalue weighted by atomic mass is 79.9. The van der Waals surface area contributed by atoms with Gasteiger partial charge in [-0.05, 0) is 19.2 Å². The Morgan fingerprint density at radius 1 is 1.31 bits per heavy atom. The van der Waals surface area contributed by atoms with E-state index in [0.29, 0.717) is 0 Å². The summed E-state index contributed by atoms with van der Waals surface area (Å²) in [5.74, 6) is -2.80. The molecule has 1 N–H and O–H groups in total. The molecule has 0 atom stereocenters. The summed E-state index contributed by atoms with van der Waals surface area (Å²) in [5, 5.41) is 2.46. The zero-order valence-electron chi connectivity index (χ0n) is 7.15. The Hall–Kier alpha value is -0.480. The first-order chi connectivity index (χ1) is 6.06. The van der Waals surface area contributed by atoms with Gasteiger partial charge in [-0.15, -0.1) is 0 Å². The third-order valence-electron chi connectivity index (χ3n) is 1.67. The molecule has 0 radical (unpaired) electrons. The van der Waals surface area contributed by atoms with Crippen molar-refractivity contribution in [3.63, 3.8) is 0 Å². The molecule has 0 saturated carbocycles. The molecule has 13 heavy (non-hydrogen) atoms. The largest absolute Gasteiger partial charge is 0.314 e. The molecule has 0 spiro atoms. The van der Waals surface area contributed by atoms with Crippen molar-refractivity contribution in [3.05, 3.63) is 34.3 Å². The average molecular weight is 250 g/mol. The minimum absolute atomic E-state index is 0.0325. The minimum Gasteiger partial charge on any atom is -0.314 e. The normalized spacial score (nSPS) is 11.7. The number of halogens is 3. The lowest BCUT2D eigenvalue weighted by Crippen LogP contribution is -2.27. The SMILES string of the molecule is CNCC(F)(F)c1ccc(Br)cc1. The highest BCUT2D eigenvalue weighted by Crippen LogP contribution is 2.27. The van der Waals surface area contributed by atoms with Gasteiger partial charge >= 0.3 is 0 Å². The number of benzene rings is 1. The molecule has 0 heterocycles. The van der Waals surface area contributed by atoms with Crippen LogP contribution in [0.1, 0.15) is 5.56 Å². The van der Waals surface area contributed by atoms with Crippen LogP contribution in [0.25, 0.3) is 0 Å². The lowest BCUT2D eigenvalue weighted by molar-refractivity contribution is -0.00126. The fraction of sp³-hybridized carbons (Fsp3) is 0.333. The third kappa shape index (κ3) is 2.74. The zero-order chi connectivity index (χ0) is 9.90. The first-order valence-electron chi connectivity index (χ1n) is 3.85. The maximum Gasteiger partial charge on any atom is 0.285 e. The molecule has 0 bridgehead atoms. The molecule has 0 amide bonds. The Kier molecular flexibility index (Phi) is 3.39. The predicted octanol–water partition coefficient (Wildman–Crippen LogP) is 2.76. The number of hydrogen-bond acceptors (Lipinski definition) is 1. The molecule has 1 aromatic carbocycles. The molecular formula is C9H10BrF2N. The van der Waals surface area contributed by atoms with Gasteiger partial charge in [-0.1, -0.05) is 28.1 Å². The van der Waals surface area contributed by atoms with E-state index in [0.717, 1.165) is 4.47 Å². The fourth-order valence-electron chi connectivity index (χ4n) is 1.02. The second-order valence-electron chi connectivity index (χ2n) is 2.74. The summed E-state index contributed by atoms with van der Waals surface area (Å²) in [5.41, 5.74) is 0.0325. The lowest BCUT2D eigenvalue weighted by atomic mass is 10.1. The van der Waals surface area contributed by atoms with Crippen LogP contribution in [0.2, 0.25) is 0 Å². The number of alkyl halides is 2. The zero-order valence-corrected chi connectivity index (χ0v) is 8.74. The molecule has 0 aliphatic carbocycles. The van der Waals surface area contributed by atoms with Gasteiger partial charge < -0.3 is 5.32 Å². The van der Waals surface area contributed by atoms with Crippen LogP contribution in [0.15, 0.2) is 28.7 Å². The number of likely N-dealkylation sites (N-methyl/N-ethyl adjacent to an activating group) is 1. The Bertz CT molecular complexity index is 271. The monoisotopic (exact) mass is 249 g/mol.